The van der Waals surface area contributed by atoms with Crippen LogP contribution in [-0.4, -0.2) is 10.1 Å². The van der Waals surface area contributed by atoms with Crippen molar-refractivity contribution >= 4 is 26.7 Å². The third-order valence-electron chi connectivity index (χ3n) is 2.39. The summed E-state index contributed by atoms with van der Waals surface area (Å²) in [5.41, 5.74) is 1.91. The summed E-state index contributed by atoms with van der Waals surface area (Å²) in [5, 5.41) is 8.08. The molecule has 2 aromatic heterocycles. The van der Waals surface area contributed by atoms with Gasteiger partial charge in [-0.1, -0.05) is 28.6 Å². The van der Waals surface area contributed by atoms with E-state index in [1.807, 2.05) is 31.2 Å². The van der Waals surface area contributed by atoms with Crippen molar-refractivity contribution in [3.63, 3.8) is 0 Å². The van der Waals surface area contributed by atoms with Crippen LogP contribution in [0.15, 0.2) is 34.9 Å². The van der Waals surface area contributed by atoms with Crippen molar-refractivity contribution in [2.75, 3.05) is 5.32 Å². The molecule has 0 unspecified atom stereocenters. The molecule has 2 heterocycles. The van der Waals surface area contributed by atoms with Crippen LogP contribution < -0.4 is 5.32 Å². The number of para-hydroxylation sites is 1. The lowest BCUT2D eigenvalue weighted by Gasteiger charge is -1.96. The van der Waals surface area contributed by atoms with Gasteiger partial charge in [-0.25, -0.2) is 4.98 Å². The summed E-state index contributed by atoms with van der Waals surface area (Å²) < 4.78 is 6.19. The molecule has 0 aliphatic carbocycles. The van der Waals surface area contributed by atoms with Crippen LogP contribution in [0.3, 0.4) is 0 Å². The highest BCUT2D eigenvalue weighted by molar-refractivity contribution is 7.22. The number of hydrogen-bond donors (Lipinski definition) is 1. The van der Waals surface area contributed by atoms with Crippen LogP contribution in [0.1, 0.15) is 11.5 Å². The first-order valence-corrected chi connectivity index (χ1v) is 6.14. The molecule has 1 aromatic carbocycles. The molecule has 0 aliphatic heterocycles. The van der Waals surface area contributed by atoms with Gasteiger partial charge >= 0.3 is 0 Å². The Balaban J connectivity index is 1.76. The highest BCUT2D eigenvalue weighted by atomic mass is 32.1. The van der Waals surface area contributed by atoms with Gasteiger partial charge in [-0.2, -0.15) is 0 Å². The van der Waals surface area contributed by atoms with Gasteiger partial charge in [0.2, 0.25) is 0 Å². The predicted molar refractivity (Wildman–Crippen MR) is 68.2 cm³/mol. The van der Waals surface area contributed by atoms with Gasteiger partial charge < -0.3 is 9.84 Å². The molecule has 0 amide bonds. The number of nitrogens with zero attached hydrogens (tertiary/aromatic N) is 2. The molecule has 0 fully saturated rings. The van der Waals surface area contributed by atoms with E-state index in [2.05, 4.69) is 21.5 Å². The van der Waals surface area contributed by atoms with E-state index in [4.69, 9.17) is 4.52 Å². The molecule has 0 spiro atoms. The van der Waals surface area contributed by atoms with Gasteiger partial charge in [0, 0.05) is 6.07 Å². The summed E-state index contributed by atoms with van der Waals surface area (Å²) in [6.07, 6.45) is 0. The number of benzene rings is 1. The van der Waals surface area contributed by atoms with Crippen molar-refractivity contribution in [1.82, 2.24) is 10.1 Å². The van der Waals surface area contributed by atoms with Crippen molar-refractivity contribution in [2.24, 2.45) is 0 Å². The fourth-order valence-corrected chi connectivity index (χ4v) is 2.48. The van der Waals surface area contributed by atoms with E-state index in [0.717, 1.165) is 22.1 Å². The Morgan fingerprint density at radius 2 is 2.24 bits per heavy atom. The normalized spacial score (nSPS) is 10.9. The maximum atomic E-state index is 5.00. The zero-order chi connectivity index (χ0) is 11.7. The van der Waals surface area contributed by atoms with Gasteiger partial charge in [0.1, 0.15) is 11.5 Å². The summed E-state index contributed by atoms with van der Waals surface area (Å²) in [5.74, 6) is 0.825. The molecule has 0 radical (unpaired) electrons. The Morgan fingerprint density at radius 3 is 3.00 bits per heavy atom. The number of aryl methyl sites for hydroxylation is 1. The molecule has 17 heavy (non-hydrogen) atoms. The van der Waals surface area contributed by atoms with Crippen molar-refractivity contribution in [3.05, 3.63) is 41.8 Å². The fraction of sp³-hybridized carbons (Fsp3) is 0.167. The van der Waals surface area contributed by atoms with Crippen molar-refractivity contribution in [3.8, 4) is 0 Å². The average Bonchev–Trinajstić information content (AvgIpc) is 2.91. The zero-order valence-electron chi connectivity index (χ0n) is 9.30. The topological polar surface area (TPSA) is 51.0 Å². The van der Waals surface area contributed by atoms with E-state index in [1.54, 1.807) is 11.3 Å². The standard InChI is InChI=1S/C12H11N3OS/c1-8-6-9(15-16-8)7-13-12-14-10-4-2-3-5-11(10)17-12/h2-6H,7H2,1H3,(H,13,14). The van der Waals surface area contributed by atoms with Crippen molar-refractivity contribution in [1.29, 1.82) is 0 Å². The van der Waals surface area contributed by atoms with Crippen LogP contribution in [-0.2, 0) is 6.54 Å². The molecule has 0 bridgehead atoms. The van der Waals surface area contributed by atoms with Crippen LogP contribution in [0.25, 0.3) is 10.2 Å². The Bertz CT molecular complexity index is 611. The molecule has 0 aliphatic rings. The number of rotatable bonds is 3. The minimum Gasteiger partial charge on any atom is -0.361 e. The minimum absolute atomic E-state index is 0.636. The maximum Gasteiger partial charge on any atom is 0.184 e. The van der Waals surface area contributed by atoms with E-state index >= 15 is 0 Å². The van der Waals surface area contributed by atoms with Gasteiger partial charge in [-0.3, -0.25) is 0 Å². The molecule has 0 saturated heterocycles. The van der Waals surface area contributed by atoms with Crippen LogP contribution >= 0.6 is 11.3 Å². The number of fused-ring (bicyclic) bond motifs is 1. The first-order chi connectivity index (χ1) is 8.31. The monoisotopic (exact) mass is 245 g/mol. The fourth-order valence-electron chi connectivity index (χ4n) is 1.62. The summed E-state index contributed by atoms with van der Waals surface area (Å²) in [7, 11) is 0. The number of hydrogen-bond acceptors (Lipinski definition) is 5. The predicted octanol–water partition coefficient (Wildman–Crippen LogP) is 3.20. The van der Waals surface area contributed by atoms with Crippen LogP contribution in [0, 0.1) is 6.92 Å². The van der Waals surface area contributed by atoms with E-state index < -0.39 is 0 Å². The van der Waals surface area contributed by atoms with Gasteiger partial charge in [-0.05, 0) is 19.1 Å². The molecule has 5 heteroatoms. The van der Waals surface area contributed by atoms with E-state index in [-0.39, 0.29) is 0 Å². The molecule has 86 valence electrons. The summed E-state index contributed by atoms with van der Waals surface area (Å²) in [6.45, 7) is 2.52. The van der Waals surface area contributed by atoms with Crippen LogP contribution in [0.5, 0.6) is 0 Å². The highest BCUT2D eigenvalue weighted by Crippen LogP contribution is 2.25. The van der Waals surface area contributed by atoms with Gasteiger partial charge in [0.15, 0.2) is 5.13 Å². The van der Waals surface area contributed by atoms with Gasteiger partial charge in [0.05, 0.1) is 16.8 Å². The Labute approximate surface area is 102 Å². The highest BCUT2D eigenvalue weighted by Gasteiger charge is 2.04. The number of aromatic nitrogens is 2. The first-order valence-electron chi connectivity index (χ1n) is 5.33. The second-order valence-corrected chi connectivity index (χ2v) is 4.80. The molecule has 3 rings (SSSR count). The summed E-state index contributed by atoms with van der Waals surface area (Å²) >= 11 is 1.64. The molecular formula is C12H11N3OS. The molecule has 4 nitrogen and oxygen atoms in total. The smallest absolute Gasteiger partial charge is 0.184 e. The Kier molecular flexibility index (Phi) is 2.53. The molecule has 0 saturated carbocycles. The summed E-state index contributed by atoms with van der Waals surface area (Å²) in [4.78, 5) is 4.48. The molecule has 3 aromatic rings. The third kappa shape index (κ3) is 2.14. The Hall–Kier alpha value is -1.88. The first kappa shape index (κ1) is 10.3. The van der Waals surface area contributed by atoms with Crippen LogP contribution in [0.4, 0.5) is 5.13 Å². The second-order valence-electron chi connectivity index (χ2n) is 3.77. The second kappa shape index (κ2) is 4.18. The maximum absolute atomic E-state index is 5.00. The van der Waals surface area contributed by atoms with Gasteiger partial charge in [-0.15, -0.1) is 0 Å². The van der Waals surface area contributed by atoms with E-state index in [1.165, 1.54) is 4.70 Å². The molecule has 1 N–H and O–H groups in total. The number of nitrogens with one attached hydrogen (secondary N) is 1. The number of anilines is 1. The minimum atomic E-state index is 0.636. The number of thiazole rings is 1. The molecule has 0 atom stereocenters. The van der Waals surface area contributed by atoms with Crippen LogP contribution in [0.2, 0.25) is 0 Å². The van der Waals surface area contributed by atoms with Crippen molar-refractivity contribution in [2.45, 2.75) is 13.5 Å². The Morgan fingerprint density at radius 1 is 1.35 bits per heavy atom. The third-order valence-corrected chi connectivity index (χ3v) is 3.39. The van der Waals surface area contributed by atoms with Crippen molar-refractivity contribution < 1.29 is 4.52 Å². The lowest BCUT2D eigenvalue weighted by Crippen LogP contribution is -1.98. The zero-order valence-corrected chi connectivity index (χ0v) is 10.1. The average molecular weight is 245 g/mol. The summed E-state index contributed by atoms with van der Waals surface area (Å²) in [6, 6.07) is 10.0. The van der Waals surface area contributed by atoms with E-state index in [9.17, 15) is 0 Å². The lowest BCUT2D eigenvalue weighted by atomic mass is 10.3. The molecular weight excluding hydrogens is 234 g/mol. The lowest BCUT2D eigenvalue weighted by molar-refractivity contribution is 0.391. The largest absolute Gasteiger partial charge is 0.361 e. The van der Waals surface area contributed by atoms with E-state index in [0.29, 0.717) is 6.54 Å². The SMILES string of the molecule is Cc1cc(CNc2nc3ccccc3s2)no1. The quantitative estimate of drug-likeness (QED) is 0.769. The van der Waals surface area contributed by atoms with Gasteiger partial charge in [0.25, 0.3) is 0 Å².